The van der Waals surface area contributed by atoms with Crippen molar-refractivity contribution < 1.29 is 14.6 Å². The molecule has 98 valence electrons. The summed E-state index contributed by atoms with van der Waals surface area (Å²) < 4.78 is 4.99. The molecule has 0 aromatic heterocycles. The molecule has 1 aromatic rings. The number of carbonyl (C=O) groups is 1. The zero-order chi connectivity index (χ0) is 13.8. The van der Waals surface area contributed by atoms with E-state index < -0.39 is 11.7 Å². The van der Waals surface area contributed by atoms with Gasteiger partial charge in [0.2, 0.25) is 0 Å². The molecule has 0 bridgehead atoms. The highest BCUT2D eigenvalue weighted by Gasteiger charge is 2.22. The van der Waals surface area contributed by atoms with Crippen LogP contribution in [0, 0.1) is 5.92 Å². The first-order chi connectivity index (χ1) is 8.30. The van der Waals surface area contributed by atoms with Gasteiger partial charge in [0.05, 0.1) is 5.60 Å². The van der Waals surface area contributed by atoms with E-state index in [1.54, 1.807) is 19.9 Å². The molecule has 1 amide bonds. The topological polar surface area (TPSA) is 72.5 Å². The van der Waals surface area contributed by atoms with Crippen LogP contribution in [-0.2, 0) is 4.74 Å². The van der Waals surface area contributed by atoms with Crippen LogP contribution in [0.15, 0.2) is 36.4 Å². The fourth-order valence-electron chi connectivity index (χ4n) is 1.33. The highest BCUT2D eigenvalue weighted by molar-refractivity contribution is 5.75. The summed E-state index contributed by atoms with van der Waals surface area (Å²) in [4.78, 5) is 10.9. The monoisotopic (exact) mass is 249 g/mol. The van der Waals surface area contributed by atoms with Gasteiger partial charge >= 0.3 is 6.09 Å². The molecular weight excluding hydrogens is 230 g/mol. The molecule has 0 aliphatic rings. The lowest BCUT2D eigenvalue weighted by Crippen LogP contribution is -2.27. The van der Waals surface area contributed by atoms with Crippen molar-refractivity contribution in [3.05, 3.63) is 42.0 Å². The first-order valence-corrected chi connectivity index (χ1v) is 5.77. The van der Waals surface area contributed by atoms with E-state index in [9.17, 15) is 9.90 Å². The van der Waals surface area contributed by atoms with Crippen LogP contribution in [-0.4, -0.2) is 16.8 Å². The van der Waals surface area contributed by atoms with E-state index in [2.05, 4.69) is 0 Å². The van der Waals surface area contributed by atoms with Gasteiger partial charge in [-0.15, -0.1) is 0 Å². The molecule has 0 fully saturated rings. The van der Waals surface area contributed by atoms with Crippen molar-refractivity contribution in [2.45, 2.75) is 26.4 Å². The fraction of sp³-hybridized carbons (Fsp3) is 0.357. The summed E-state index contributed by atoms with van der Waals surface area (Å²) in [6.07, 6.45) is 0.827. The second-order valence-corrected chi connectivity index (χ2v) is 4.76. The maximum atomic E-state index is 10.9. The smallest absolute Gasteiger partial charge is 0.409 e. The minimum atomic E-state index is -0.902. The van der Waals surface area contributed by atoms with Crippen molar-refractivity contribution in [2.24, 2.45) is 11.7 Å². The highest BCUT2D eigenvalue weighted by atomic mass is 16.5. The third kappa shape index (κ3) is 4.22. The summed E-state index contributed by atoms with van der Waals surface area (Å²) in [5, 5.41) is 9.90. The molecule has 0 unspecified atom stereocenters. The predicted molar refractivity (Wildman–Crippen MR) is 70.5 cm³/mol. The first-order valence-electron chi connectivity index (χ1n) is 5.77. The van der Waals surface area contributed by atoms with Gasteiger partial charge in [-0.25, -0.2) is 4.79 Å². The molecular formula is C14H19NO3. The molecule has 0 saturated carbocycles. The Morgan fingerprint density at radius 2 is 1.94 bits per heavy atom. The van der Waals surface area contributed by atoms with Gasteiger partial charge in [0, 0.05) is 11.5 Å². The summed E-state index contributed by atoms with van der Waals surface area (Å²) in [5.41, 5.74) is 4.89. The fourth-order valence-corrected chi connectivity index (χ4v) is 1.33. The van der Waals surface area contributed by atoms with Crippen LogP contribution < -0.4 is 5.73 Å². The molecule has 1 rings (SSSR count). The van der Waals surface area contributed by atoms with Gasteiger partial charge in [0.25, 0.3) is 0 Å². The molecule has 4 heteroatoms. The lowest BCUT2D eigenvalue weighted by molar-refractivity contribution is 0.0436. The molecule has 0 spiro atoms. The number of ether oxygens (including phenoxy) is 1. The van der Waals surface area contributed by atoms with Crippen molar-refractivity contribution in [1.82, 2.24) is 0 Å². The molecule has 18 heavy (non-hydrogen) atoms. The summed E-state index contributed by atoms with van der Waals surface area (Å²) in [5.74, 6) is 0.171. The van der Waals surface area contributed by atoms with Crippen molar-refractivity contribution in [3.8, 4) is 0 Å². The highest BCUT2D eigenvalue weighted by Crippen LogP contribution is 2.23. The molecule has 0 radical (unpaired) electrons. The maximum absolute atomic E-state index is 10.9. The average Bonchev–Trinajstić information content (AvgIpc) is 2.27. The quantitative estimate of drug-likeness (QED) is 0.805. The second-order valence-electron chi connectivity index (χ2n) is 4.76. The Balaban J connectivity index is 3.06. The second kappa shape index (κ2) is 5.69. The predicted octanol–water partition coefficient (Wildman–Crippen LogP) is 2.53. The number of hydrogen-bond donors (Lipinski definition) is 2. The van der Waals surface area contributed by atoms with Gasteiger partial charge in [0.15, 0.2) is 0 Å². The van der Waals surface area contributed by atoms with Crippen molar-refractivity contribution in [3.63, 3.8) is 0 Å². The van der Waals surface area contributed by atoms with Gasteiger partial charge in [-0.05, 0) is 19.9 Å². The number of amides is 1. The minimum Gasteiger partial charge on any atom is -0.410 e. The standard InChI is InChI=1S/C14H19NO3/c1-10(14(2,3)17)9-12(18-13(15)16)11-7-5-4-6-8-11/h4-10,17H,1-3H3,(H2,15,16)/b12-9-/t10-/m0/s1. The molecule has 0 saturated heterocycles. The van der Waals surface area contributed by atoms with E-state index >= 15 is 0 Å². The van der Waals surface area contributed by atoms with E-state index in [0.29, 0.717) is 5.76 Å². The van der Waals surface area contributed by atoms with Crippen LogP contribution in [0.5, 0.6) is 0 Å². The van der Waals surface area contributed by atoms with E-state index in [-0.39, 0.29) is 5.92 Å². The lowest BCUT2D eigenvalue weighted by Gasteiger charge is -2.23. The summed E-state index contributed by atoms with van der Waals surface area (Å²) in [6.45, 7) is 5.23. The van der Waals surface area contributed by atoms with Gasteiger partial charge in [0.1, 0.15) is 5.76 Å². The Kier molecular flexibility index (Phi) is 4.50. The summed E-state index contributed by atoms with van der Waals surface area (Å²) >= 11 is 0. The molecule has 4 nitrogen and oxygen atoms in total. The van der Waals surface area contributed by atoms with Crippen molar-refractivity contribution in [2.75, 3.05) is 0 Å². The van der Waals surface area contributed by atoms with Gasteiger partial charge in [-0.3, -0.25) is 0 Å². The maximum Gasteiger partial charge on any atom is 0.409 e. The number of carbonyl (C=O) groups excluding carboxylic acids is 1. The Hall–Kier alpha value is -1.81. The Morgan fingerprint density at radius 1 is 1.39 bits per heavy atom. The Labute approximate surface area is 107 Å². The number of aliphatic hydroxyl groups is 1. The molecule has 1 atom stereocenters. The number of benzene rings is 1. The van der Waals surface area contributed by atoms with Crippen LogP contribution in [0.2, 0.25) is 0 Å². The zero-order valence-corrected chi connectivity index (χ0v) is 10.9. The first kappa shape index (κ1) is 14.3. The van der Waals surface area contributed by atoms with Crippen LogP contribution >= 0.6 is 0 Å². The summed E-state index contributed by atoms with van der Waals surface area (Å²) in [6, 6.07) is 9.16. The SMILES string of the molecule is C[C@@H](/C=C(\OC(N)=O)c1ccccc1)C(C)(C)O. The number of primary amides is 1. The number of rotatable bonds is 4. The normalized spacial score (nSPS) is 14.1. The Morgan fingerprint density at radius 3 is 2.39 bits per heavy atom. The third-order valence-corrected chi connectivity index (χ3v) is 2.78. The third-order valence-electron chi connectivity index (χ3n) is 2.78. The summed E-state index contributed by atoms with van der Waals surface area (Å²) in [7, 11) is 0. The van der Waals surface area contributed by atoms with E-state index in [0.717, 1.165) is 5.56 Å². The average molecular weight is 249 g/mol. The van der Waals surface area contributed by atoms with Gasteiger partial charge < -0.3 is 15.6 Å². The Bertz CT molecular complexity index is 432. The van der Waals surface area contributed by atoms with E-state index in [1.165, 1.54) is 0 Å². The van der Waals surface area contributed by atoms with E-state index in [1.807, 2.05) is 37.3 Å². The molecule has 3 N–H and O–H groups in total. The number of nitrogens with two attached hydrogens (primary N) is 1. The van der Waals surface area contributed by atoms with Crippen LogP contribution in [0.4, 0.5) is 4.79 Å². The van der Waals surface area contributed by atoms with Crippen LogP contribution in [0.25, 0.3) is 5.76 Å². The van der Waals surface area contributed by atoms with Gasteiger partial charge in [-0.2, -0.15) is 0 Å². The molecule has 0 aliphatic carbocycles. The van der Waals surface area contributed by atoms with Crippen molar-refractivity contribution >= 4 is 11.9 Å². The number of hydrogen-bond acceptors (Lipinski definition) is 3. The lowest BCUT2D eigenvalue weighted by atomic mass is 9.91. The van der Waals surface area contributed by atoms with E-state index in [4.69, 9.17) is 10.5 Å². The zero-order valence-electron chi connectivity index (χ0n) is 10.9. The van der Waals surface area contributed by atoms with Crippen molar-refractivity contribution in [1.29, 1.82) is 0 Å². The van der Waals surface area contributed by atoms with Crippen LogP contribution in [0.1, 0.15) is 26.3 Å². The minimum absolute atomic E-state index is 0.188. The molecule has 0 aliphatic heterocycles. The van der Waals surface area contributed by atoms with Gasteiger partial charge in [-0.1, -0.05) is 37.3 Å². The molecule has 0 heterocycles. The molecule has 1 aromatic carbocycles. The largest absolute Gasteiger partial charge is 0.410 e. The van der Waals surface area contributed by atoms with Crippen LogP contribution in [0.3, 0.4) is 0 Å².